The Bertz CT molecular complexity index is 1140. The standard InChI is InChI=1S/C23H22F2N4O2/c1-13-8-21(27-10-19(13)25)29-22(30)18-9-23(18,16-4-6-17(24)7-5-16)12-31-20-11-26-15(3)28-14(20)2/h4-8,10-11,18H,9,12H2,1-3H3,(H,27,29,30)/t18-,23+/m0/s1. The quantitative estimate of drug-likeness (QED) is 0.646. The third-order valence-electron chi connectivity index (χ3n) is 5.65. The van der Waals surface area contributed by atoms with Crippen molar-refractivity contribution >= 4 is 11.7 Å². The van der Waals surface area contributed by atoms with Crippen LogP contribution < -0.4 is 10.1 Å². The van der Waals surface area contributed by atoms with Gasteiger partial charge in [0.1, 0.15) is 23.3 Å². The van der Waals surface area contributed by atoms with Gasteiger partial charge in [-0.25, -0.2) is 23.7 Å². The second-order valence-electron chi connectivity index (χ2n) is 7.88. The number of pyridine rings is 1. The molecule has 3 aromatic rings. The predicted molar refractivity (Wildman–Crippen MR) is 111 cm³/mol. The molecule has 0 radical (unpaired) electrons. The average Bonchev–Trinajstić information content (AvgIpc) is 3.46. The molecular formula is C23H22F2N4O2. The molecular weight excluding hydrogens is 402 g/mol. The molecule has 2 heterocycles. The number of nitrogens with one attached hydrogen (secondary N) is 1. The summed E-state index contributed by atoms with van der Waals surface area (Å²) in [6.07, 6.45) is 3.21. The molecule has 1 saturated carbocycles. The maximum Gasteiger partial charge on any atom is 0.229 e. The smallest absolute Gasteiger partial charge is 0.229 e. The summed E-state index contributed by atoms with van der Waals surface area (Å²) in [7, 11) is 0. The van der Waals surface area contributed by atoms with Crippen LogP contribution in [0.5, 0.6) is 5.75 Å². The van der Waals surface area contributed by atoms with Crippen LogP contribution in [-0.2, 0) is 10.2 Å². The van der Waals surface area contributed by atoms with Crippen molar-refractivity contribution in [2.45, 2.75) is 32.6 Å². The van der Waals surface area contributed by atoms with Crippen LogP contribution in [-0.4, -0.2) is 27.5 Å². The Morgan fingerprint density at radius 3 is 2.58 bits per heavy atom. The fourth-order valence-electron chi connectivity index (χ4n) is 3.73. The highest BCUT2D eigenvalue weighted by atomic mass is 19.1. The number of hydrogen-bond donors (Lipinski definition) is 1. The van der Waals surface area contributed by atoms with Crippen LogP contribution in [0, 0.1) is 38.3 Å². The lowest BCUT2D eigenvalue weighted by molar-refractivity contribution is -0.117. The van der Waals surface area contributed by atoms with Crippen molar-refractivity contribution in [3.8, 4) is 5.75 Å². The minimum absolute atomic E-state index is 0.208. The highest BCUT2D eigenvalue weighted by Crippen LogP contribution is 2.55. The van der Waals surface area contributed by atoms with E-state index in [0.29, 0.717) is 29.3 Å². The van der Waals surface area contributed by atoms with Gasteiger partial charge in [0.15, 0.2) is 5.75 Å². The number of halogens is 2. The van der Waals surface area contributed by atoms with E-state index in [0.717, 1.165) is 11.8 Å². The summed E-state index contributed by atoms with van der Waals surface area (Å²) in [5, 5.41) is 2.75. The third-order valence-corrected chi connectivity index (χ3v) is 5.65. The second kappa shape index (κ2) is 8.02. The van der Waals surface area contributed by atoms with Crippen LogP contribution in [0.4, 0.5) is 14.6 Å². The number of hydrogen-bond acceptors (Lipinski definition) is 5. The largest absolute Gasteiger partial charge is 0.489 e. The summed E-state index contributed by atoms with van der Waals surface area (Å²) >= 11 is 0. The molecule has 1 N–H and O–H groups in total. The summed E-state index contributed by atoms with van der Waals surface area (Å²) in [5.74, 6) is 0.0230. The minimum Gasteiger partial charge on any atom is -0.489 e. The number of rotatable bonds is 6. The maximum atomic E-state index is 13.5. The van der Waals surface area contributed by atoms with Crippen LogP contribution in [0.15, 0.2) is 42.7 Å². The van der Waals surface area contributed by atoms with E-state index >= 15 is 0 Å². The Hall–Kier alpha value is -3.42. The number of aromatic nitrogens is 3. The first-order valence-corrected chi connectivity index (χ1v) is 9.90. The van der Waals surface area contributed by atoms with E-state index in [1.54, 1.807) is 32.2 Å². The molecule has 0 aliphatic heterocycles. The Balaban J connectivity index is 1.56. The first kappa shape index (κ1) is 20.8. The highest BCUT2D eigenvalue weighted by Gasteiger charge is 2.60. The number of carbonyl (C=O) groups is 1. The maximum absolute atomic E-state index is 13.5. The lowest BCUT2D eigenvalue weighted by Crippen LogP contribution is -2.27. The Morgan fingerprint density at radius 2 is 1.90 bits per heavy atom. The van der Waals surface area contributed by atoms with Gasteiger partial charge in [-0.2, -0.15) is 0 Å². The molecule has 0 unspecified atom stereocenters. The molecule has 1 aromatic carbocycles. The second-order valence-corrected chi connectivity index (χ2v) is 7.88. The van der Waals surface area contributed by atoms with Crippen molar-refractivity contribution in [3.05, 3.63) is 77.0 Å². The van der Waals surface area contributed by atoms with E-state index in [1.165, 1.54) is 18.2 Å². The molecule has 0 saturated heterocycles. The molecule has 1 amide bonds. The number of carbonyl (C=O) groups excluding carboxylic acids is 1. The van der Waals surface area contributed by atoms with Gasteiger partial charge in [-0.3, -0.25) is 4.79 Å². The van der Waals surface area contributed by atoms with Gasteiger partial charge in [0.25, 0.3) is 0 Å². The van der Waals surface area contributed by atoms with Gasteiger partial charge in [-0.05, 0) is 56.5 Å². The van der Waals surface area contributed by atoms with Gasteiger partial charge in [-0.1, -0.05) is 12.1 Å². The van der Waals surface area contributed by atoms with Crippen molar-refractivity contribution in [1.29, 1.82) is 0 Å². The van der Waals surface area contributed by atoms with Crippen LogP contribution in [0.3, 0.4) is 0 Å². The first-order valence-electron chi connectivity index (χ1n) is 9.90. The van der Waals surface area contributed by atoms with Gasteiger partial charge in [0.05, 0.1) is 30.6 Å². The predicted octanol–water partition coefficient (Wildman–Crippen LogP) is 4.05. The van der Waals surface area contributed by atoms with Crippen molar-refractivity contribution in [3.63, 3.8) is 0 Å². The number of nitrogens with zero attached hydrogens (tertiary/aromatic N) is 3. The molecule has 6 nitrogen and oxygen atoms in total. The van der Waals surface area contributed by atoms with Gasteiger partial charge >= 0.3 is 0 Å². The van der Waals surface area contributed by atoms with Crippen molar-refractivity contribution in [1.82, 2.24) is 15.0 Å². The van der Waals surface area contributed by atoms with E-state index in [9.17, 15) is 13.6 Å². The lowest BCUT2D eigenvalue weighted by Gasteiger charge is -2.19. The summed E-state index contributed by atoms with van der Waals surface area (Å²) in [5.41, 5.74) is 1.28. The zero-order chi connectivity index (χ0) is 22.2. The summed E-state index contributed by atoms with van der Waals surface area (Å²) < 4.78 is 33.0. The van der Waals surface area contributed by atoms with Crippen LogP contribution in [0.2, 0.25) is 0 Å². The van der Waals surface area contributed by atoms with Gasteiger partial charge in [-0.15, -0.1) is 0 Å². The molecule has 2 atom stereocenters. The summed E-state index contributed by atoms with van der Waals surface area (Å²) in [6, 6.07) is 7.57. The number of amides is 1. The fourth-order valence-corrected chi connectivity index (χ4v) is 3.73. The number of benzene rings is 1. The van der Waals surface area contributed by atoms with Crippen molar-refractivity contribution in [2.24, 2.45) is 5.92 Å². The number of anilines is 1. The van der Waals surface area contributed by atoms with E-state index in [4.69, 9.17) is 4.74 Å². The first-order chi connectivity index (χ1) is 14.8. The highest BCUT2D eigenvalue weighted by molar-refractivity contribution is 5.95. The molecule has 1 fully saturated rings. The molecule has 31 heavy (non-hydrogen) atoms. The number of aryl methyl sites for hydroxylation is 3. The zero-order valence-electron chi connectivity index (χ0n) is 17.4. The molecule has 2 aromatic heterocycles. The van der Waals surface area contributed by atoms with Crippen LogP contribution in [0.1, 0.15) is 29.1 Å². The van der Waals surface area contributed by atoms with E-state index in [2.05, 4.69) is 20.3 Å². The molecule has 1 aliphatic carbocycles. The zero-order valence-corrected chi connectivity index (χ0v) is 17.4. The molecule has 160 valence electrons. The van der Waals surface area contributed by atoms with Crippen LogP contribution >= 0.6 is 0 Å². The lowest BCUT2D eigenvalue weighted by atomic mass is 9.93. The fraction of sp³-hybridized carbons (Fsp3) is 0.304. The molecule has 4 rings (SSSR count). The summed E-state index contributed by atoms with van der Waals surface area (Å²) in [6.45, 7) is 5.43. The average molecular weight is 424 g/mol. The molecule has 0 spiro atoms. The van der Waals surface area contributed by atoms with Gasteiger partial charge < -0.3 is 10.1 Å². The minimum atomic E-state index is -0.621. The monoisotopic (exact) mass is 424 g/mol. The van der Waals surface area contributed by atoms with Crippen molar-refractivity contribution < 1.29 is 18.3 Å². The van der Waals surface area contributed by atoms with E-state index in [-0.39, 0.29) is 24.1 Å². The van der Waals surface area contributed by atoms with E-state index in [1.807, 2.05) is 6.92 Å². The molecule has 8 heteroatoms. The molecule has 0 bridgehead atoms. The van der Waals surface area contributed by atoms with Gasteiger partial charge in [0, 0.05) is 5.41 Å². The normalized spacial score (nSPS) is 19.7. The Labute approximate surface area is 178 Å². The van der Waals surface area contributed by atoms with Crippen molar-refractivity contribution in [2.75, 3.05) is 11.9 Å². The van der Waals surface area contributed by atoms with Gasteiger partial charge in [0.2, 0.25) is 5.91 Å². The topological polar surface area (TPSA) is 77.0 Å². The Morgan fingerprint density at radius 1 is 1.16 bits per heavy atom. The number of ether oxygens (including phenoxy) is 1. The SMILES string of the molecule is Cc1ncc(OC[C@@]2(c3ccc(F)cc3)C[C@H]2C(=O)Nc2cc(C)c(F)cn2)c(C)n1. The molecule has 1 aliphatic rings. The van der Waals surface area contributed by atoms with Crippen LogP contribution in [0.25, 0.3) is 0 Å². The van der Waals surface area contributed by atoms with E-state index < -0.39 is 17.2 Å². The Kier molecular flexibility index (Phi) is 5.39. The summed E-state index contributed by atoms with van der Waals surface area (Å²) in [4.78, 5) is 25.3. The third kappa shape index (κ3) is 4.23.